The molecule has 0 amide bonds. The Hall–Kier alpha value is -0.0400. The Morgan fingerprint density at radius 3 is 1.26 bits per heavy atom. The highest BCUT2D eigenvalue weighted by molar-refractivity contribution is 14.1. The molecule has 0 aromatic rings. The van der Waals surface area contributed by atoms with Gasteiger partial charge in [0.25, 0.3) is 5.92 Å². The average molecular weight is 424 g/mol. The Labute approximate surface area is 112 Å². The van der Waals surface area contributed by atoms with E-state index in [1.807, 2.05) is 0 Å². The van der Waals surface area contributed by atoms with Gasteiger partial charge in [-0.2, -0.15) is 39.5 Å². The minimum atomic E-state index is -6.78. The van der Waals surface area contributed by atoms with Crippen molar-refractivity contribution in [1.82, 2.24) is 0 Å². The van der Waals surface area contributed by atoms with Gasteiger partial charge in [0.15, 0.2) is 0 Å². The molecule has 0 bridgehead atoms. The fourth-order valence-corrected chi connectivity index (χ4v) is 1.56. The second kappa shape index (κ2) is 5.06. The quantitative estimate of drug-likeness (QED) is 0.321. The van der Waals surface area contributed by atoms with Gasteiger partial charge in [-0.05, 0) is 22.6 Å². The summed E-state index contributed by atoms with van der Waals surface area (Å²) in [5.41, 5.74) is 0. The number of hydrogen-bond donors (Lipinski definition) is 0. The molecule has 0 aliphatic carbocycles. The van der Waals surface area contributed by atoms with Crippen LogP contribution in [0, 0.1) is 0 Å². The number of hydrogen-bond acceptors (Lipinski definition) is 0. The molecule has 0 fully saturated rings. The smallest absolute Gasteiger partial charge is 0.206 e. The maximum Gasteiger partial charge on any atom is 0.459 e. The zero-order valence-electron chi connectivity index (χ0n) is 8.45. The summed E-state index contributed by atoms with van der Waals surface area (Å²) in [7, 11) is 0. The van der Waals surface area contributed by atoms with Crippen molar-refractivity contribution in [2.75, 3.05) is 0 Å². The average Bonchev–Trinajstić information content (AvgIpc) is 1.92. The highest BCUT2D eigenvalue weighted by Crippen LogP contribution is 2.51. The van der Waals surface area contributed by atoms with Crippen LogP contribution in [-0.4, -0.2) is 27.9 Å². The topological polar surface area (TPSA) is 0 Å². The summed E-state index contributed by atoms with van der Waals surface area (Å²) >= 11 is 0.122. The van der Waals surface area contributed by atoms with Crippen molar-refractivity contribution >= 4 is 22.6 Å². The predicted molar refractivity (Wildman–Crippen MR) is 49.1 cm³/mol. The highest BCUT2D eigenvalue weighted by Gasteiger charge is 2.74. The van der Waals surface area contributed by atoms with Crippen molar-refractivity contribution in [3.63, 3.8) is 0 Å². The summed E-state index contributed by atoms with van der Waals surface area (Å²) in [6.07, 6.45) is -12.7. The van der Waals surface area contributed by atoms with E-state index < -0.39 is 40.7 Å². The van der Waals surface area contributed by atoms with Crippen LogP contribution in [-0.2, 0) is 0 Å². The van der Waals surface area contributed by atoms with Crippen LogP contribution in [0.1, 0.15) is 12.8 Å². The van der Waals surface area contributed by atoms with E-state index in [4.69, 9.17) is 0 Å². The Morgan fingerprint density at radius 1 is 0.632 bits per heavy atom. The molecule has 0 aliphatic rings. The molecular weight excluding hydrogens is 420 g/mol. The third-order valence-electron chi connectivity index (χ3n) is 1.76. The summed E-state index contributed by atoms with van der Waals surface area (Å²) < 4.78 is 130. The van der Waals surface area contributed by atoms with Crippen molar-refractivity contribution < 1.29 is 48.3 Å². The van der Waals surface area contributed by atoms with Crippen LogP contribution in [0.25, 0.3) is 0 Å². The Bertz CT molecular complexity index is 312. The van der Waals surface area contributed by atoms with E-state index >= 15 is 0 Å². The van der Waals surface area contributed by atoms with E-state index in [0.717, 1.165) is 0 Å². The number of rotatable bonds is 5. The SMILES string of the molecule is FC(F)(I)CC(F)(F)CC(F)(F)C(F)(F)C(F)(F)F. The maximum absolute atomic E-state index is 12.7. The van der Waals surface area contributed by atoms with Crippen LogP contribution in [0.5, 0.6) is 0 Å². The largest absolute Gasteiger partial charge is 0.459 e. The van der Waals surface area contributed by atoms with Crippen molar-refractivity contribution in [2.24, 2.45) is 0 Å². The van der Waals surface area contributed by atoms with Gasteiger partial charge in [0.1, 0.15) is 0 Å². The van der Waals surface area contributed by atoms with Crippen LogP contribution in [0.15, 0.2) is 0 Å². The zero-order chi connectivity index (χ0) is 15.9. The molecule has 0 aliphatic heterocycles. The number of alkyl halides is 12. The van der Waals surface area contributed by atoms with Crippen LogP contribution in [0.3, 0.4) is 0 Å². The van der Waals surface area contributed by atoms with E-state index in [1.54, 1.807) is 0 Å². The lowest BCUT2D eigenvalue weighted by atomic mass is 10.0. The van der Waals surface area contributed by atoms with Gasteiger partial charge in [-0.15, -0.1) is 0 Å². The van der Waals surface area contributed by atoms with Gasteiger partial charge in [-0.3, -0.25) is 0 Å². The van der Waals surface area contributed by atoms with Gasteiger partial charge in [-0.1, -0.05) is 0 Å². The van der Waals surface area contributed by atoms with E-state index in [1.165, 1.54) is 0 Å². The van der Waals surface area contributed by atoms with Crippen molar-refractivity contribution in [1.29, 1.82) is 0 Å². The maximum atomic E-state index is 12.7. The van der Waals surface area contributed by atoms with E-state index in [-0.39, 0.29) is 22.6 Å². The van der Waals surface area contributed by atoms with Gasteiger partial charge in [0.05, 0.1) is 12.8 Å². The van der Waals surface area contributed by atoms with E-state index in [9.17, 15) is 48.3 Å². The molecule has 0 nitrogen and oxygen atoms in total. The monoisotopic (exact) mass is 424 g/mol. The molecule has 0 spiro atoms. The first kappa shape index (κ1) is 19.0. The van der Waals surface area contributed by atoms with E-state index in [0.29, 0.717) is 0 Å². The zero-order valence-corrected chi connectivity index (χ0v) is 10.6. The first-order chi connectivity index (χ1) is 7.91. The molecule has 0 saturated carbocycles. The minimum Gasteiger partial charge on any atom is -0.206 e. The van der Waals surface area contributed by atoms with Crippen LogP contribution in [0.2, 0.25) is 0 Å². The molecule has 0 saturated heterocycles. The molecule has 0 aromatic carbocycles. The van der Waals surface area contributed by atoms with Gasteiger partial charge in [0.2, 0.25) is 0 Å². The minimum absolute atomic E-state index is 0.122. The fourth-order valence-electron chi connectivity index (χ4n) is 0.999. The summed E-state index contributed by atoms with van der Waals surface area (Å²) in [6.45, 7) is 0. The molecule has 0 heterocycles. The van der Waals surface area contributed by atoms with Gasteiger partial charge < -0.3 is 0 Å². The molecule has 12 heteroatoms. The standard InChI is InChI=1S/C7H4F11I/c8-3(9,2-5(12,13)19)1-4(10,11)6(14,15)7(16,17)18/h1-2H2. The summed E-state index contributed by atoms with van der Waals surface area (Å²) in [6, 6.07) is 0. The second-order valence-electron chi connectivity index (χ2n) is 3.60. The lowest BCUT2D eigenvalue weighted by Gasteiger charge is -2.31. The third kappa shape index (κ3) is 5.10. The third-order valence-corrected chi connectivity index (χ3v) is 2.14. The highest BCUT2D eigenvalue weighted by atomic mass is 127. The van der Waals surface area contributed by atoms with Crippen LogP contribution >= 0.6 is 22.6 Å². The first-order valence-electron chi connectivity index (χ1n) is 4.18. The fraction of sp³-hybridized carbons (Fsp3) is 1.00. The van der Waals surface area contributed by atoms with Gasteiger partial charge in [-0.25, -0.2) is 8.78 Å². The van der Waals surface area contributed by atoms with E-state index in [2.05, 4.69) is 0 Å². The molecule has 0 rings (SSSR count). The lowest BCUT2D eigenvalue weighted by Crippen LogP contribution is -2.54. The Kier molecular flexibility index (Phi) is 5.05. The van der Waals surface area contributed by atoms with Crippen molar-refractivity contribution in [3.8, 4) is 0 Å². The first-order valence-corrected chi connectivity index (χ1v) is 5.26. The van der Waals surface area contributed by atoms with Crippen LogP contribution in [0.4, 0.5) is 48.3 Å². The molecule has 0 aromatic heterocycles. The second-order valence-corrected chi connectivity index (χ2v) is 5.18. The van der Waals surface area contributed by atoms with Gasteiger partial charge in [0, 0.05) is 0 Å². The van der Waals surface area contributed by atoms with Crippen molar-refractivity contribution in [2.45, 2.75) is 40.7 Å². The lowest BCUT2D eigenvalue weighted by molar-refractivity contribution is -0.363. The molecule has 0 N–H and O–H groups in total. The Balaban J connectivity index is 5.16. The normalized spacial score (nSPS) is 15.8. The van der Waals surface area contributed by atoms with Crippen LogP contribution < -0.4 is 0 Å². The molecular formula is C7H4F11I. The summed E-state index contributed by atoms with van der Waals surface area (Å²) in [4.78, 5) is 0. The molecule has 116 valence electrons. The molecule has 0 unspecified atom stereocenters. The molecule has 0 atom stereocenters. The molecule has 0 radical (unpaired) electrons. The molecule has 19 heavy (non-hydrogen) atoms. The summed E-state index contributed by atoms with van der Waals surface area (Å²) in [5, 5.41) is 0. The van der Waals surface area contributed by atoms with Gasteiger partial charge >= 0.3 is 22.0 Å². The Morgan fingerprint density at radius 2 is 1.00 bits per heavy atom. The summed E-state index contributed by atoms with van der Waals surface area (Å²) in [5.74, 6) is -18.1. The predicted octanol–water partition coefficient (Wildman–Crippen LogP) is 5.26. The number of halogens is 12. The van der Waals surface area contributed by atoms with Crippen molar-refractivity contribution in [3.05, 3.63) is 0 Å².